The molecular formula is C14H10F4N2O2. The van der Waals surface area contributed by atoms with Crippen LogP contribution in [0.5, 0.6) is 0 Å². The van der Waals surface area contributed by atoms with E-state index in [9.17, 15) is 22.4 Å². The predicted octanol–water partition coefficient (Wildman–Crippen LogP) is 2.93. The number of hydrogen-bond donors (Lipinski definition) is 0. The van der Waals surface area contributed by atoms with Crippen LogP contribution in [0, 0.1) is 5.82 Å². The monoisotopic (exact) mass is 314 g/mol. The number of nitrogens with zero attached hydrogens (tertiary/aromatic N) is 2. The van der Waals surface area contributed by atoms with Crippen molar-refractivity contribution in [3.8, 4) is 11.3 Å². The third-order valence-electron chi connectivity index (χ3n) is 3.48. The number of fused-ring (bicyclic) bond motifs is 1. The maximum absolute atomic E-state index is 12.9. The zero-order chi connectivity index (χ0) is 15.9. The van der Waals surface area contributed by atoms with Gasteiger partial charge in [0.2, 0.25) is 0 Å². The van der Waals surface area contributed by atoms with E-state index in [1.807, 2.05) is 0 Å². The standard InChI is InChI=1S/C14H10F4N2O2/c15-9-3-1-8(2-4-9)12-10-5-6-20(7-11(10)19-22-12)13(21)14(16,17)18/h1-4H,5-7H2. The maximum atomic E-state index is 12.9. The Morgan fingerprint density at radius 1 is 1.23 bits per heavy atom. The predicted molar refractivity (Wildman–Crippen MR) is 67.1 cm³/mol. The van der Waals surface area contributed by atoms with Crippen LogP contribution in [0.25, 0.3) is 11.3 Å². The number of alkyl halides is 3. The van der Waals surface area contributed by atoms with Gasteiger partial charge in [0.25, 0.3) is 0 Å². The number of hydrogen-bond acceptors (Lipinski definition) is 3. The van der Waals surface area contributed by atoms with Gasteiger partial charge in [-0.05, 0) is 30.7 Å². The minimum atomic E-state index is -4.90. The van der Waals surface area contributed by atoms with Crippen LogP contribution in [0.15, 0.2) is 28.8 Å². The fourth-order valence-corrected chi connectivity index (χ4v) is 2.41. The summed E-state index contributed by atoms with van der Waals surface area (Å²) in [6.07, 6.45) is -4.70. The molecule has 2 aromatic rings. The first-order chi connectivity index (χ1) is 10.4. The lowest BCUT2D eigenvalue weighted by Gasteiger charge is -2.26. The molecule has 0 bridgehead atoms. The number of benzene rings is 1. The van der Waals surface area contributed by atoms with E-state index in [4.69, 9.17) is 4.52 Å². The molecule has 1 aromatic heterocycles. The van der Waals surface area contributed by atoms with Crippen LogP contribution < -0.4 is 0 Å². The third kappa shape index (κ3) is 2.56. The van der Waals surface area contributed by atoms with Crippen LogP contribution in [0.1, 0.15) is 11.3 Å². The summed E-state index contributed by atoms with van der Waals surface area (Å²) in [5.74, 6) is -1.89. The van der Waals surface area contributed by atoms with Crippen LogP contribution in [0.3, 0.4) is 0 Å². The molecule has 0 fully saturated rings. The molecule has 1 aromatic carbocycles. The molecule has 0 atom stereocenters. The topological polar surface area (TPSA) is 46.3 Å². The first kappa shape index (κ1) is 14.6. The first-order valence-corrected chi connectivity index (χ1v) is 6.45. The molecule has 0 radical (unpaired) electrons. The highest BCUT2D eigenvalue weighted by Gasteiger charge is 2.43. The van der Waals surface area contributed by atoms with Crippen molar-refractivity contribution < 1.29 is 26.9 Å². The summed E-state index contributed by atoms with van der Waals surface area (Å²) < 4.78 is 55.4. The van der Waals surface area contributed by atoms with E-state index in [1.165, 1.54) is 24.3 Å². The molecular weight excluding hydrogens is 304 g/mol. The largest absolute Gasteiger partial charge is 0.471 e. The molecule has 0 N–H and O–H groups in total. The second-order valence-corrected chi connectivity index (χ2v) is 4.92. The van der Waals surface area contributed by atoms with E-state index in [0.29, 0.717) is 27.5 Å². The highest BCUT2D eigenvalue weighted by molar-refractivity contribution is 5.82. The van der Waals surface area contributed by atoms with Crippen molar-refractivity contribution >= 4 is 5.91 Å². The van der Waals surface area contributed by atoms with Crippen molar-refractivity contribution in [3.05, 3.63) is 41.3 Å². The van der Waals surface area contributed by atoms with Gasteiger partial charge >= 0.3 is 12.1 Å². The molecule has 0 saturated carbocycles. The molecule has 4 nitrogen and oxygen atoms in total. The summed E-state index contributed by atoms with van der Waals surface area (Å²) in [6, 6.07) is 5.52. The van der Waals surface area contributed by atoms with Crippen LogP contribution in [0.2, 0.25) is 0 Å². The first-order valence-electron chi connectivity index (χ1n) is 6.45. The summed E-state index contributed by atoms with van der Waals surface area (Å²) in [6.45, 7) is -0.320. The molecule has 2 heterocycles. The number of carbonyl (C=O) groups is 1. The Kier molecular flexibility index (Phi) is 3.38. The second kappa shape index (κ2) is 5.11. The van der Waals surface area contributed by atoms with E-state index >= 15 is 0 Å². The Morgan fingerprint density at radius 3 is 2.55 bits per heavy atom. The smallest absolute Gasteiger partial charge is 0.356 e. The lowest BCUT2D eigenvalue weighted by Crippen LogP contribution is -2.43. The number of rotatable bonds is 1. The van der Waals surface area contributed by atoms with Gasteiger partial charge in [-0.2, -0.15) is 13.2 Å². The van der Waals surface area contributed by atoms with E-state index < -0.39 is 17.9 Å². The van der Waals surface area contributed by atoms with Gasteiger partial charge in [-0.15, -0.1) is 0 Å². The molecule has 8 heteroatoms. The van der Waals surface area contributed by atoms with Gasteiger partial charge in [0, 0.05) is 17.7 Å². The van der Waals surface area contributed by atoms with E-state index in [0.717, 1.165) is 0 Å². The van der Waals surface area contributed by atoms with Crippen LogP contribution in [0.4, 0.5) is 17.6 Å². The Bertz CT molecular complexity index is 707. The molecule has 1 aliphatic rings. The number of halogens is 4. The van der Waals surface area contributed by atoms with Crippen LogP contribution in [-0.2, 0) is 17.8 Å². The van der Waals surface area contributed by atoms with Gasteiger partial charge in [0.1, 0.15) is 11.5 Å². The van der Waals surface area contributed by atoms with Gasteiger partial charge < -0.3 is 9.42 Å². The lowest BCUT2D eigenvalue weighted by molar-refractivity contribution is -0.186. The summed E-state index contributed by atoms with van der Waals surface area (Å²) in [7, 11) is 0. The van der Waals surface area contributed by atoms with Crippen molar-refractivity contribution in [1.82, 2.24) is 10.1 Å². The second-order valence-electron chi connectivity index (χ2n) is 4.92. The zero-order valence-corrected chi connectivity index (χ0v) is 11.2. The van der Waals surface area contributed by atoms with Crippen molar-refractivity contribution in [2.24, 2.45) is 0 Å². The quantitative estimate of drug-likeness (QED) is 0.760. The Balaban J connectivity index is 1.86. The minimum absolute atomic E-state index is 0.0687. The number of aromatic nitrogens is 1. The molecule has 3 rings (SSSR count). The summed E-state index contributed by atoms with van der Waals surface area (Å²) in [5.41, 5.74) is 1.53. The molecule has 1 aliphatic heterocycles. The Hall–Kier alpha value is -2.38. The lowest BCUT2D eigenvalue weighted by atomic mass is 10.0. The fourth-order valence-electron chi connectivity index (χ4n) is 2.41. The van der Waals surface area contributed by atoms with E-state index in [-0.39, 0.29) is 19.5 Å². The van der Waals surface area contributed by atoms with Crippen molar-refractivity contribution in [3.63, 3.8) is 0 Å². The molecule has 0 saturated heterocycles. The SMILES string of the molecule is O=C(N1CCc2c(noc2-c2ccc(F)cc2)C1)C(F)(F)F. The summed E-state index contributed by atoms with van der Waals surface area (Å²) in [5, 5.41) is 3.74. The summed E-state index contributed by atoms with van der Waals surface area (Å²) >= 11 is 0. The number of amides is 1. The zero-order valence-electron chi connectivity index (χ0n) is 11.2. The van der Waals surface area contributed by atoms with Crippen molar-refractivity contribution in [2.45, 2.75) is 19.1 Å². The minimum Gasteiger partial charge on any atom is -0.356 e. The Labute approximate surface area is 122 Å². The van der Waals surface area contributed by atoms with Gasteiger partial charge in [-0.1, -0.05) is 5.16 Å². The molecule has 0 unspecified atom stereocenters. The molecule has 22 heavy (non-hydrogen) atoms. The average molecular weight is 314 g/mol. The van der Waals surface area contributed by atoms with Crippen molar-refractivity contribution in [1.29, 1.82) is 0 Å². The molecule has 0 aliphatic carbocycles. The van der Waals surface area contributed by atoms with Crippen LogP contribution in [-0.4, -0.2) is 28.7 Å². The van der Waals surface area contributed by atoms with Gasteiger partial charge in [0.05, 0.1) is 6.54 Å². The highest BCUT2D eigenvalue weighted by atomic mass is 19.4. The fraction of sp³-hybridized carbons (Fsp3) is 0.286. The van der Waals surface area contributed by atoms with Crippen molar-refractivity contribution in [2.75, 3.05) is 6.54 Å². The summed E-state index contributed by atoms with van der Waals surface area (Å²) in [4.78, 5) is 11.9. The van der Waals surface area contributed by atoms with Gasteiger partial charge in [0.15, 0.2) is 5.76 Å². The third-order valence-corrected chi connectivity index (χ3v) is 3.48. The molecule has 116 valence electrons. The number of carbonyl (C=O) groups excluding carboxylic acids is 1. The highest BCUT2D eigenvalue weighted by Crippen LogP contribution is 2.31. The normalized spacial score (nSPS) is 14.8. The van der Waals surface area contributed by atoms with Gasteiger partial charge in [-0.3, -0.25) is 4.79 Å². The van der Waals surface area contributed by atoms with E-state index in [2.05, 4.69) is 5.16 Å². The average Bonchev–Trinajstić information content (AvgIpc) is 2.89. The Morgan fingerprint density at radius 2 is 1.91 bits per heavy atom. The maximum Gasteiger partial charge on any atom is 0.471 e. The van der Waals surface area contributed by atoms with Crippen LogP contribution >= 0.6 is 0 Å². The molecule has 1 amide bonds. The van der Waals surface area contributed by atoms with E-state index in [1.54, 1.807) is 0 Å². The van der Waals surface area contributed by atoms with Gasteiger partial charge in [-0.25, -0.2) is 4.39 Å². The molecule has 0 spiro atoms.